The van der Waals surface area contributed by atoms with Crippen LogP contribution in [0.1, 0.15) is 22.6 Å². The minimum atomic E-state index is 0.0374. The van der Waals surface area contributed by atoms with Gasteiger partial charge in [0, 0.05) is 5.92 Å². The Balaban J connectivity index is 2.32. The molecule has 0 fully saturated rings. The van der Waals surface area contributed by atoms with E-state index in [1.54, 1.807) is 0 Å². The second kappa shape index (κ2) is 3.99. The monoisotopic (exact) mass is 226 g/mol. The van der Waals surface area contributed by atoms with Gasteiger partial charge in [0.15, 0.2) is 0 Å². The molecule has 2 aromatic rings. The lowest BCUT2D eigenvalue weighted by atomic mass is 9.97. The van der Waals surface area contributed by atoms with Crippen LogP contribution in [0.5, 0.6) is 0 Å². The van der Waals surface area contributed by atoms with Gasteiger partial charge in [0.2, 0.25) is 0 Å². The summed E-state index contributed by atoms with van der Waals surface area (Å²) >= 11 is 0. The Morgan fingerprint density at radius 2 is 1.65 bits per heavy atom. The Morgan fingerprint density at radius 1 is 0.882 bits per heavy atom. The molecular weight excluding hydrogens is 212 g/mol. The molecule has 0 spiro atoms. The summed E-state index contributed by atoms with van der Waals surface area (Å²) in [4.78, 5) is 0. The number of benzene rings is 2. The Hall–Kier alpha value is -1.64. The molecule has 0 heterocycles. The summed E-state index contributed by atoms with van der Waals surface area (Å²) in [5, 5.41) is 19.0. The molecule has 1 aliphatic carbocycles. The van der Waals surface area contributed by atoms with Gasteiger partial charge in [-0.2, -0.15) is 0 Å². The van der Waals surface area contributed by atoms with Gasteiger partial charge in [-0.3, -0.25) is 0 Å². The lowest BCUT2D eigenvalue weighted by Crippen LogP contribution is -2.01. The molecule has 2 nitrogen and oxygen atoms in total. The highest BCUT2D eigenvalue weighted by molar-refractivity contribution is 5.81. The van der Waals surface area contributed by atoms with E-state index in [1.807, 2.05) is 30.3 Å². The molecule has 0 radical (unpaired) electrons. The number of fused-ring (bicyclic) bond motifs is 3. The van der Waals surface area contributed by atoms with E-state index < -0.39 is 0 Å². The second-order valence-corrected chi connectivity index (χ2v) is 4.36. The van der Waals surface area contributed by atoms with Crippen molar-refractivity contribution >= 4 is 0 Å². The first-order chi connectivity index (χ1) is 8.36. The zero-order valence-electron chi connectivity index (χ0n) is 9.43. The summed E-state index contributed by atoms with van der Waals surface area (Å²) in [6, 6.07) is 14.0. The smallest absolute Gasteiger partial charge is 0.0687 e. The largest absolute Gasteiger partial charge is 0.395 e. The number of hydrogen-bond donors (Lipinski definition) is 2. The highest BCUT2D eigenvalue weighted by atomic mass is 16.3. The molecule has 0 saturated heterocycles. The van der Waals surface area contributed by atoms with Gasteiger partial charge in [-0.15, -0.1) is 0 Å². The van der Waals surface area contributed by atoms with Crippen LogP contribution in [0.3, 0.4) is 0 Å². The second-order valence-electron chi connectivity index (χ2n) is 4.36. The molecule has 1 aliphatic rings. The Morgan fingerprint density at radius 3 is 2.41 bits per heavy atom. The lowest BCUT2D eigenvalue weighted by Gasteiger charge is -2.10. The van der Waals surface area contributed by atoms with E-state index >= 15 is 0 Å². The van der Waals surface area contributed by atoms with Gasteiger partial charge in [-0.1, -0.05) is 42.5 Å². The minimum Gasteiger partial charge on any atom is -0.395 e. The van der Waals surface area contributed by atoms with Gasteiger partial charge in [0.05, 0.1) is 13.2 Å². The fourth-order valence-electron chi connectivity index (χ4n) is 2.76. The van der Waals surface area contributed by atoms with Crippen LogP contribution in [0.2, 0.25) is 0 Å². The number of rotatable bonds is 2. The fraction of sp³-hybridized carbons (Fsp3) is 0.200. The molecule has 1 unspecified atom stereocenters. The van der Waals surface area contributed by atoms with Crippen LogP contribution in [-0.4, -0.2) is 16.8 Å². The van der Waals surface area contributed by atoms with Crippen LogP contribution in [-0.2, 0) is 6.61 Å². The maximum atomic E-state index is 9.56. The van der Waals surface area contributed by atoms with Crippen molar-refractivity contribution in [3.8, 4) is 11.1 Å². The van der Waals surface area contributed by atoms with Crippen LogP contribution in [0.15, 0.2) is 42.5 Å². The van der Waals surface area contributed by atoms with Crippen molar-refractivity contribution in [2.75, 3.05) is 6.61 Å². The first-order valence-electron chi connectivity index (χ1n) is 5.79. The normalized spacial score (nSPS) is 16.7. The lowest BCUT2D eigenvalue weighted by molar-refractivity contribution is 0.279. The van der Waals surface area contributed by atoms with E-state index in [0.29, 0.717) is 0 Å². The van der Waals surface area contributed by atoms with Crippen LogP contribution in [0, 0.1) is 0 Å². The summed E-state index contributed by atoms with van der Waals surface area (Å²) in [5.41, 5.74) is 5.47. The molecule has 0 aliphatic heterocycles. The van der Waals surface area contributed by atoms with Crippen LogP contribution >= 0.6 is 0 Å². The zero-order valence-corrected chi connectivity index (χ0v) is 9.43. The summed E-state index contributed by atoms with van der Waals surface area (Å²) < 4.78 is 0. The van der Waals surface area contributed by atoms with Crippen molar-refractivity contribution < 1.29 is 10.2 Å². The summed E-state index contributed by atoms with van der Waals surface area (Å²) in [5.74, 6) is 0.0488. The highest BCUT2D eigenvalue weighted by Crippen LogP contribution is 2.45. The van der Waals surface area contributed by atoms with Crippen molar-refractivity contribution in [3.63, 3.8) is 0 Å². The first-order valence-corrected chi connectivity index (χ1v) is 5.79. The van der Waals surface area contributed by atoms with Gasteiger partial charge < -0.3 is 10.2 Å². The van der Waals surface area contributed by atoms with Crippen LogP contribution in [0.25, 0.3) is 11.1 Å². The van der Waals surface area contributed by atoms with E-state index in [9.17, 15) is 10.2 Å². The van der Waals surface area contributed by atoms with E-state index in [-0.39, 0.29) is 19.1 Å². The number of hydrogen-bond acceptors (Lipinski definition) is 2. The van der Waals surface area contributed by atoms with Gasteiger partial charge in [-0.05, 0) is 27.8 Å². The molecule has 3 rings (SSSR count). The van der Waals surface area contributed by atoms with Crippen LogP contribution in [0.4, 0.5) is 0 Å². The highest BCUT2D eigenvalue weighted by Gasteiger charge is 2.29. The first kappa shape index (κ1) is 10.5. The van der Waals surface area contributed by atoms with Crippen molar-refractivity contribution in [2.45, 2.75) is 12.5 Å². The average Bonchev–Trinajstić information content (AvgIpc) is 2.72. The van der Waals surface area contributed by atoms with Gasteiger partial charge in [0.1, 0.15) is 0 Å². The Labute approximate surface area is 100 Å². The zero-order chi connectivity index (χ0) is 11.8. The predicted molar refractivity (Wildman–Crippen MR) is 66.7 cm³/mol. The van der Waals surface area contributed by atoms with Crippen molar-refractivity contribution in [3.05, 3.63) is 59.2 Å². The summed E-state index contributed by atoms with van der Waals surface area (Å²) in [7, 11) is 0. The minimum absolute atomic E-state index is 0.0374. The molecule has 0 amide bonds. The fourth-order valence-corrected chi connectivity index (χ4v) is 2.76. The quantitative estimate of drug-likeness (QED) is 0.824. The third-order valence-corrected chi connectivity index (χ3v) is 3.52. The standard InChI is InChI=1S/C15H14O2/c16-8-10-4-3-7-13-14(9-17)11-5-1-2-6-12(11)15(10)13/h1-7,14,16-17H,8-9H2. The molecule has 2 N–H and O–H groups in total. The van der Waals surface area contributed by atoms with Gasteiger partial charge in [0.25, 0.3) is 0 Å². The van der Waals surface area contributed by atoms with Crippen molar-refractivity contribution in [2.24, 2.45) is 0 Å². The summed E-state index contributed by atoms with van der Waals surface area (Å²) in [6.45, 7) is 0.147. The third kappa shape index (κ3) is 1.42. The molecule has 1 atom stereocenters. The van der Waals surface area contributed by atoms with E-state index in [4.69, 9.17) is 0 Å². The average molecular weight is 226 g/mol. The molecule has 17 heavy (non-hydrogen) atoms. The molecule has 2 heteroatoms. The predicted octanol–water partition coefficient (Wildman–Crippen LogP) is 2.28. The van der Waals surface area contributed by atoms with Gasteiger partial charge >= 0.3 is 0 Å². The van der Waals surface area contributed by atoms with E-state index in [0.717, 1.165) is 27.8 Å². The van der Waals surface area contributed by atoms with E-state index in [1.165, 1.54) is 0 Å². The maximum Gasteiger partial charge on any atom is 0.0687 e. The summed E-state index contributed by atoms with van der Waals surface area (Å²) in [6.07, 6.45) is 0. The third-order valence-electron chi connectivity index (χ3n) is 3.52. The van der Waals surface area contributed by atoms with Crippen molar-refractivity contribution in [1.29, 1.82) is 0 Å². The SMILES string of the molecule is OCc1cccc2c1-c1ccccc1C2CO. The molecule has 2 aromatic carbocycles. The Bertz CT molecular complexity index is 561. The number of aliphatic hydroxyl groups is 2. The van der Waals surface area contributed by atoms with Crippen molar-refractivity contribution in [1.82, 2.24) is 0 Å². The van der Waals surface area contributed by atoms with E-state index in [2.05, 4.69) is 12.1 Å². The molecule has 0 aromatic heterocycles. The Kier molecular flexibility index (Phi) is 2.46. The molecular formula is C15H14O2. The maximum absolute atomic E-state index is 9.56. The molecule has 0 saturated carbocycles. The van der Waals surface area contributed by atoms with Gasteiger partial charge in [-0.25, -0.2) is 0 Å². The molecule has 0 bridgehead atoms. The topological polar surface area (TPSA) is 40.5 Å². The molecule has 86 valence electrons. The number of aliphatic hydroxyl groups excluding tert-OH is 2. The van der Waals surface area contributed by atoms with Crippen LogP contribution < -0.4 is 0 Å².